The SMILES string of the molecule is CCn1c(SCc2cc(C(C)=O)ccc2O)n[nH]c1=O. The van der Waals surface area contributed by atoms with Gasteiger partial charge in [0.1, 0.15) is 5.75 Å². The van der Waals surface area contributed by atoms with Gasteiger partial charge in [0, 0.05) is 23.4 Å². The summed E-state index contributed by atoms with van der Waals surface area (Å²) in [6.07, 6.45) is 0. The van der Waals surface area contributed by atoms with Gasteiger partial charge in [-0.25, -0.2) is 9.89 Å². The highest BCUT2D eigenvalue weighted by atomic mass is 32.2. The number of aromatic hydroxyl groups is 1. The van der Waals surface area contributed by atoms with Gasteiger partial charge in [0.15, 0.2) is 10.9 Å². The molecular formula is C13H15N3O3S. The van der Waals surface area contributed by atoms with Crippen LogP contribution in [0.2, 0.25) is 0 Å². The number of hydrogen-bond donors (Lipinski definition) is 2. The van der Waals surface area contributed by atoms with Gasteiger partial charge in [-0.2, -0.15) is 0 Å². The van der Waals surface area contributed by atoms with Crippen molar-refractivity contribution in [3.05, 3.63) is 39.8 Å². The van der Waals surface area contributed by atoms with E-state index >= 15 is 0 Å². The molecule has 1 aromatic carbocycles. The van der Waals surface area contributed by atoms with Crippen LogP contribution in [0, 0.1) is 0 Å². The Labute approximate surface area is 119 Å². The third-order valence-electron chi connectivity index (χ3n) is 2.88. The minimum absolute atomic E-state index is 0.0542. The quantitative estimate of drug-likeness (QED) is 0.648. The molecule has 0 atom stereocenters. The standard InChI is InChI=1S/C13H15N3O3S/c1-3-16-12(19)14-15-13(16)20-7-10-6-9(8(2)17)4-5-11(10)18/h4-6,18H,3,7H2,1-2H3,(H,14,19). The minimum Gasteiger partial charge on any atom is -0.508 e. The third kappa shape index (κ3) is 2.93. The van der Waals surface area contributed by atoms with E-state index in [0.717, 1.165) is 0 Å². The molecule has 106 valence electrons. The fourth-order valence-corrected chi connectivity index (χ4v) is 2.75. The Morgan fingerprint density at radius 1 is 1.50 bits per heavy atom. The predicted molar refractivity (Wildman–Crippen MR) is 76.2 cm³/mol. The van der Waals surface area contributed by atoms with Crippen molar-refractivity contribution in [1.29, 1.82) is 0 Å². The van der Waals surface area contributed by atoms with Crippen molar-refractivity contribution in [2.75, 3.05) is 0 Å². The van der Waals surface area contributed by atoms with E-state index in [1.165, 1.54) is 29.3 Å². The van der Waals surface area contributed by atoms with Crippen molar-refractivity contribution in [2.45, 2.75) is 31.3 Å². The zero-order valence-corrected chi connectivity index (χ0v) is 12.0. The van der Waals surface area contributed by atoms with Crippen molar-refractivity contribution >= 4 is 17.5 Å². The number of phenolic OH excluding ortho intramolecular Hbond substituents is 1. The molecule has 2 aromatic rings. The summed E-state index contributed by atoms with van der Waals surface area (Å²) < 4.78 is 1.51. The third-order valence-corrected chi connectivity index (χ3v) is 3.91. The van der Waals surface area contributed by atoms with Gasteiger partial charge in [0.05, 0.1) is 0 Å². The lowest BCUT2D eigenvalue weighted by molar-refractivity contribution is 0.101. The second-order valence-electron chi connectivity index (χ2n) is 4.24. The second-order valence-corrected chi connectivity index (χ2v) is 5.19. The number of carbonyl (C=O) groups is 1. The first-order chi connectivity index (χ1) is 9.52. The van der Waals surface area contributed by atoms with Gasteiger partial charge in [0.25, 0.3) is 0 Å². The Morgan fingerprint density at radius 3 is 2.90 bits per heavy atom. The van der Waals surface area contributed by atoms with E-state index in [-0.39, 0.29) is 17.2 Å². The number of Topliss-reactive ketones (excluding diaryl/α,β-unsaturated/α-hetero) is 1. The van der Waals surface area contributed by atoms with Crippen LogP contribution in [-0.4, -0.2) is 25.7 Å². The van der Waals surface area contributed by atoms with Gasteiger partial charge in [-0.1, -0.05) is 11.8 Å². The molecule has 0 amide bonds. The maximum Gasteiger partial charge on any atom is 0.343 e. The molecule has 0 bridgehead atoms. The van der Waals surface area contributed by atoms with Crippen LogP contribution in [0.1, 0.15) is 29.8 Å². The Balaban J connectivity index is 2.20. The first kappa shape index (κ1) is 14.4. The molecule has 6 nitrogen and oxygen atoms in total. The second kappa shape index (κ2) is 5.96. The van der Waals surface area contributed by atoms with E-state index in [1.54, 1.807) is 12.1 Å². The van der Waals surface area contributed by atoms with Crippen LogP contribution in [-0.2, 0) is 12.3 Å². The lowest BCUT2D eigenvalue weighted by atomic mass is 10.1. The fraction of sp³-hybridized carbons (Fsp3) is 0.308. The van der Waals surface area contributed by atoms with Crippen LogP contribution in [0.4, 0.5) is 0 Å². The Morgan fingerprint density at radius 2 is 2.25 bits per heavy atom. The van der Waals surface area contributed by atoms with Crippen LogP contribution in [0.15, 0.2) is 28.2 Å². The summed E-state index contributed by atoms with van der Waals surface area (Å²) in [7, 11) is 0. The average Bonchev–Trinajstić information content (AvgIpc) is 2.77. The number of nitrogens with one attached hydrogen (secondary N) is 1. The Kier molecular flexibility index (Phi) is 4.29. The summed E-state index contributed by atoms with van der Waals surface area (Å²) in [5, 5.41) is 16.7. The van der Waals surface area contributed by atoms with Crippen LogP contribution >= 0.6 is 11.8 Å². The summed E-state index contributed by atoms with van der Waals surface area (Å²) in [5.41, 5.74) is 0.936. The molecule has 1 aromatic heterocycles. The van der Waals surface area contributed by atoms with Gasteiger partial charge in [-0.05, 0) is 32.0 Å². The van der Waals surface area contributed by atoms with Gasteiger partial charge in [-0.3, -0.25) is 9.36 Å². The normalized spacial score (nSPS) is 10.7. The molecule has 0 fully saturated rings. The first-order valence-electron chi connectivity index (χ1n) is 6.13. The van der Waals surface area contributed by atoms with Crippen LogP contribution in [0.3, 0.4) is 0 Å². The highest BCUT2D eigenvalue weighted by Crippen LogP contribution is 2.26. The van der Waals surface area contributed by atoms with Crippen LogP contribution in [0.25, 0.3) is 0 Å². The van der Waals surface area contributed by atoms with Crippen LogP contribution < -0.4 is 5.69 Å². The minimum atomic E-state index is -0.253. The number of rotatable bonds is 5. The van der Waals surface area contributed by atoms with Crippen molar-refractivity contribution in [2.24, 2.45) is 0 Å². The monoisotopic (exact) mass is 293 g/mol. The molecule has 7 heteroatoms. The number of aromatic nitrogens is 3. The molecule has 0 radical (unpaired) electrons. The molecule has 0 saturated heterocycles. The van der Waals surface area contributed by atoms with Gasteiger partial charge in [0.2, 0.25) is 0 Å². The number of H-pyrrole nitrogens is 1. The number of benzene rings is 1. The number of thioether (sulfide) groups is 1. The lowest BCUT2D eigenvalue weighted by Crippen LogP contribution is -2.16. The molecule has 0 aliphatic heterocycles. The molecule has 0 aliphatic rings. The largest absolute Gasteiger partial charge is 0.508 e. The summed E-state index contributed by atoms with van der Waals surface area (Å²) in [4.78, 5) is 22.8. The summed E-state index contributed by atoms with van der Waals surface area (Å²) in [6, 6.07) is 4.75. The zero-order valence-electron chi connectivity index (χ0n) is 11.2. The zero-order chi connectivity index (χ0) is 14.7. The van der Waals surface area contributed by atoms with Crippen molar-refractivity contribution < 1.29 is 9.90 Å². The average molecular weight is 293 g/mol. The fourth-order valence-electron chi connectivity index (χ4n) is 1.75. The van der Waals surface area contributed by atoms with Crippen molar-refractivity contribution in [3.63, 3.8) is 0 Å². The highest BCUT2D eigenvalue weighted by molar-refractivity contribution is 7.98. The maximum atomic E-state index is 11.4. The molecular weight excluding hydrogens is 278 g/mol. The van der Waals surface area contributed by atoms with Gasteiger partial charge < -0.3 is 5.11 Å². The molecule has 0 saturated carbocycles. The van der Waals surface area contributed by atoms with Crippen LogP contribution in [0.5, 0.6) is 5.75 Å². The smallest absolute Gasteiger partial charge is 0.343 e. The number of hydrogen-bond acceptors (Lipinski definition) is 5. The number of nitrogens with zero attached hydrogens (tertiary/aromatic N) is 2. The number of ketones is 1. The van der Waals surface area contributed by atoms with E-state index < -0.39 is 0 Å². The molecule has 0 spiro atoms. The number of aromatic amines is 1. The number of phenols is 1. The van der Waals surface area contributed by atoms with E-state index in [9.17, 15) is 14.7 Å². The van der Waals surface area contributed by atoms with Crippen molar-refractivity contribution in [3.8, 4) is 5.75 Å². The maximum absolute atomic E-state index is 11.4. The van der Waals surface area contributed by atoms with E-state index in [0.29, 0.717) is 28.6 Å². The Bertz CT molecular complexity index is 690. The lowest BCUT2D eigenvalue weighted by Gasteiger charge is -2.06. The van der Waals surface area contributed by atoms with E-state index in [2.05, 4.69) is 10.2 Å². The molecule has 0 unspecified atom stereocenters. The van der Waals surface area contributed by atoms with E-state index in [4.69, 9.17) is 0 Å². The molecule has 2 rings (SSSR count). The topological polar surface area (TPSA) is 88.0 Å². The molecule has 20 heavy (non-hydrogen) atoms. The summed E-state index contributed by atoms with van der Waals surface area (Å²) >= 11 is 1.33. The number of carbonyl (C=O) groups excluding carboxylic acids is 1. The summed E-state index contributed by atoms with van der Waals surface area (Å²) in [6.45, 7) is 3.86. The van der Waals surface area contributed by atoms with Gasteiger partial charge >= 0.3 is 5.69 Å². The predicted octanol–water partition coefficient (Wildman–Crippen LogP) is 1.79. The summed E-state index contributed by atoms with van der Waals surface area (Å²) in [5.74, 6) is 0.502. The van der Waals surface area contributed by atoms with Gasteiger partial charge in [-0.15, -0.1) is 5.10 Å². The molecule has 2 N–H and O–H groups in total. The molecule has 1 heterocycles. The molecule has 0 aliphatic carbocycles. The van der Waals surface area contributed by atoms with Crippen molar-refractivity contribution in [1.82, 2.24) is 14.8 Å². The van der Waals surface area contributed by atoms with E-state index in [1.807, 2.05) is 6.92 Å². The Hall–Kier alpha value is -2.02. The first-order valence-corrected chi connectivity index (χ1v) is 7.12. The highest BCUT2D eigenvalue weighted by Gasteiger charge is 2.10.